The number of hydrogen-bond acceptors (Lipinski definition) is 2. The van der Waals surface area contributed by atoms with Crippen molar-refractivity contribution in [2.24, 2.45) is 0 Å². The Labute approximate surface area is 134 Å². The van der Waals surface area contributed by atoms with E-state index in [4.69, 9.17) is 0 Å². The van der Waals surface area contributed by atoms with Crippen LogP contribution >= 0.6 is 43.2 Å². The van der Waals surface area contributed by atoms with E-state index < -0.39 is 0 Å². The van der Waals surface area contributed by atoms with E-state index in [1.54, 1.807) is 0 Å². The number of fused-ring (bicyclic) bond motifs is 1. The zero-order valence-corrected chi connectivity index (χ0v) is 14.4. The molecule has 1 aromatic heterocycles. The predicted molar refractivity (Wildman–Crippen MR) is 88.8 cm³/mol. The Morgan fingerprint density at radius 3 is 2.84 bits per heavy atom. The Bertz CT molecular complexity index is 579. The van der Waals surface area contributed by atoms with E-state index >= 15 is 0 Å². The zero-order valence-electron chi connectivity index (χ0n) is 10.5. The minimum atomic E-state index is 0.606. The van der Waals surface area contributed by atoms with E-state index in [9.17, 15) is 0 Å². The summed E-state index contributed by atoms with van der Waals surface area (Å²) in [7, 11) is 0. The fourth-order valence-electron chi connectivity index (χ4n) is 2.59. The number of hydrogen-bond donors (Lipinski definition) is 1. The van der Waals surface area contributed by atoms with Crippen LogP contribution in [0.5, 0.6) is 0 Å². The van der Waals surface area contributed by atoms with Gasteiger partial charge >= 0.3 is 0 Å². The molecule has 0 fully saturated rings. The summed E-state index contributed by atoms with van der Waals surface area (Å²) < 4.78 is 2.38. The summed E-state index contributed by atoms with van der Waals surface area (Å²) in [6, 6.07) is 9.48. The molecule has 0 radical (unpaired) electrons. The van der Waals surface area contributed by atoms with E-state index in [1.807, 2.05) is 11.3 Å². The van der Waals surface area contributed by atoms with Crippen LogP contribution in [0.25, 0.3) is 0 Å². The second kappa shape index (κ2) is 6.08. The maximum atomic E-state index is 3.68. The number of halogens is 2. The molecular weight excluding hydrogens is 386 g/mol. The smallest absolute Gasteiger partial charge is 0.0302 e. The molecule has 100 valence electrons. The number of benzene rings is 1. The van der Waals surface area contributed by atoms with Gasteiger partial charge in [0.05, 0.1) is 0 Å². The van der Waals surface area contributed by atoms with Gasteiger partial charge in [-0.2, -0.15) is 0 Å². The van der Waals surface area contributed by atoms with Crippen LogP contribution < -0.4 is 5.32 Å². The van der Waals surface area contributed by atoms with Gasteiger partial charge in [-0.05, 0) is 64.5 Å². The highest BCUT2D eigenvalue weighted by Gasteiger charge is 2.18. The first kappa shape index (κ1) is 13.8. The van der Waals surface area contributed by atoms with Crippen LogP contribution in [-0.4, -0.2) is 6.04 Å². The van der Waals surface area contributed by atoms with Crippen molar-refractivity contribution in [3.8, 4) is 0 Å². The van der Waals surface area contributed by atoms with Crippen LogP contribution in [0.3, 0.4) is 0 Å². The first-order valence-electron chi connectivity index (χ1n) is 6.44. The second-order valence-corrected chi connectivity index (χ2v) is 7.79. The molecule has 19 heavy (non-hydrogen) atoms. The lowest BCUT2D eigenvalue weighted by Gasteiger charge is -2.25. The highest BCUT2D eigenvalue weighted by Crippen LogP contribution is 2.25. The third kappa shape index (κ3) is 3.48. The average Bonchev–Trinajstić information content (AvgIpc) is 2.82. The molecule has 0 spiro atoms. The number of thiophene rings is 1. The standard InChI is InChI=1S/C15H15Br2NS/c16-12-3-1-11-6-14(4-2-10(11)5-12)18-8-15-7-13(17)9-19-15/h1,3,5,7,9,14,18H,2,4,6,8H2. The molecule has 2 aromatic rings. The SMILES string of the molecule is Brc1csc(CNC2CCc3cc(Br)ccc3C2)c1. The van der Waals surface area contributed by atoms with Gasteiger partial charge in [-0.3, -0.25) is 0 Å². The molecule has 0 bridgehead atoms. The molecule has 1 nitrogen and oxygen atoms in total. The molecule has 0 aliphatic heterocycles. The van der Waals surface area contributed by atoms with Crippen molar-refractivity contribution in [2.75, 3.05) is 0 Å². The summed E-state index contributed by atoms with van der Waals surface area (Å²) >= 11 is 8.87. The van der Waals surface area contributed by atoms with Crippen molar-refractivity contribution < 1.29 is 0 Å². The molecule has 1 unspecified atom stereocenters. The molecular formula is C15H15Br2NS. The Hall–Kier alpha value is -0.160. The Balaban J connectivity index is 1.61. The molecule has 1 aliphatic rings. The van der Waals surface area contributed by atoms with Crippen molar-refractivity contribution in [1.29, 1.82) is 0 Å². The topological polar surface area (TPSA) is 12.0 Å². The van der Waals surface area contributed by atoms with Crippen molar-refractivity contribution in [1.82, 2.24) is 5.32 Å². The summed E-state index contributed by atoms with van der Waals surface area (Å²) in [6.45, 7) is 0.979. The van der Waals surface area contributed by atoms with E-state index in [-0.39, 0.29) is 0 Å². The van der Waals surface area contributed by atoms with E-state index in [1.165, 1.54) is 37.8 Å². The van der Waals surface area contributed by atoms with Gasteiger partial charge in [0, 0.05) is 31.8 Å². The molecule has 1 aliphatic carbocycles. The van der Waals surface area contributed by atoms with E-state index in [2.05, 4.69) is 66.8 Å². The molecule has 1 aromatic carbocycles. The van der Waals surface area contributed by atoms with Gasteiger partial charge in [0.2, 0.25) is 0 Å². The number of rotatable bonds is 3. The minimum Gasteiger partial charge on any atom is -0.309 e. The van der Waals surface area contributed by atoms with Gasteiger partial charge in [-0.1, -0.05) is 22.0 Å². The molecule has 4 heteroatoms. The highest BCUT2D eigenvalue weighted by molar-refractivity contribution is 9.10. The Kier molecular flexibility index (Phi) is 4.42. The molecule has 1 heterocycles. The van der Waals surface area contributed by atoms with Gasteiger partial charge in [0.1, 0.15) is 0 Å². The molecule has 0 saturated carbocycles. The van der Waals surface area contributed by atoms with Crippen LogP contribution in [0.4, 0.5) is 0 Å². The van der Waals surface area contributed by atoms with Crippen molar-refractivity contribution in [3.05, 3.63) is 54.6 Å². The largest absolute Gasteiger partial charge is 0.309 e. The van der Waals surface area contributed by atoms with Gasteiger partial charge in [0.25, 0.3) is 0 Å². The second-order valence-electron chi connectivity index (χ2n) is 4.96. The van der Waals surface area contributed by atoms with Gasteiger partial charge in [0.15, 0.2) is 0 Å². The lowest BCUT2D eigenvalue weighted by atomic mass is 9.88. The Morgan fingerprint density at radius 2 is 2.05 bits per heavy atom. The lowest BCUT2D eigenvalue weighted by Crippen LogP contribution is -2.33. The molecule has 1 atom stereocenters. The summed E-state index contributed by atoms with van der Waals surface area (Å²) in [4.78, 5) is 1.40. The maximum absolute atomic E-state index is 3.68. The van der Waals surface area contributed by atoms with E-state index in [0.29, 0.717) is 6.04 Å². The summed E-state index contributed by atoms with van der Waals surface area (Å²) in [5.41, 5.74) is 3.01. The lowest BCUT2D eigenvalue weighted by molar-refractivity contribution is 0.459. The maximum Gasteiger partial charge on any atom is 0.0302 e. The quantitative estimate of drug-likeness (QED) is 0.770. The van der Waals surface area contributed by atoms with Crippen LogP contribution in [0.15, 0.2) is 38.6 Å². The molecule has 1 N–H and O–H groups in total. The summed E-state index contributed by atoms with van der Waals surface area (Å²) in [6.07, 6.45) is 3.56. The predicted octanol–water partition coefficient (Wildman–Crippen LogP) is 4.92. The van der Waals surface area contributed by atoms with Crippen LogP contribution in [0.2, 0.25) is 0 Å². The highest BCUT2D eigenvalue weighted by atomic mass is 79.9. The zero-order chi connectivity index (χ0) is 13.2. The van der Waals surface area contributed by atoms with Crippen molar-refractivity contribution in [3.63, 3.8) is 0 Å². The normalized spacial score (nSPS) is 18.3. The van der Waals surface area contributed by atoms with E-state index in [0.717, 1.165) is 13.0 Å². The van der Waals surface area contributed by atoms with Gasteiger partial charge in [-0.25, -0.2) is 0 Å². The Morgan fingerprint density at radius 1 is 1.16 bits per heavy atom. The monoisotopic (exact) mass is 399 g/mol. The molecule has 3 rings (SSSR count). The van der Waals surface area contributed by atoms with Crippen LogP contribution in [0, 0.1) is 0 Å². The molecule has 0 amide bonds. The molecule has 0 saturated heterocycles. The van der Waals surface area contributed by atoms with Crippen LogP contribution in [0.1, 0.15) is 22.4 Å². The number of aryl methyl sites for hydroxylation is 1. The van der Waals surface area contributed by atoms with Crippen molar-refractivity contribution in [2.45, 2.75) is 31.8 Å². The fraction of sp³-hybridized carbons (Fsp3) is 0.333. The minimum absolute atomic E-state index is 0.606. The fourth-order valence-corrected chi connectivity index (χ4v) is 4.40. The summed E-state index contributed by atoms with van der Waals surface area (Å²) in [5.74, 6) is 0. The third-order valence-corrected chi connectivity index (χ3v) is 5.77. The van der Waals surface area contributed by atoms with Gasteiger partial charge < -0.3 is 5.32 Å². The first-order valence-corrected chi connectivity index (χ1v) is 8.91. The van der Waals surface area contributed by atoms with Crippen molar-refractivity contribution >= 4 is 43.2 Å². The third-order valence-electron chi connectivity index (χ3n) is 3.58. The van der Waals surface area contributed by atoms with Gasteiger partial charge in [-0.15, -0.1) is 11.3 Å². The van der Waals surface area contributed by atoms with Crippen LogP contribution in [-0.2, 0) is 19.4 Å². The number of nitrogens with one attached hydrogen (secondary N) is 1. The first-order chi connectivity index (χ1) is 9.20. The average molecular weight is 401 g/mol. The summed E-state index contributed by atoms with van der Waals surface area (Å²) in [5, 5.41) is 5.83.